The molecular weight excluding hydrogens is 1200 g/mol. The molecule has 23 rings (SSSR count). The van der Waals surface area contributed by atoms with Gasteiger partial charge in [0.05, 0.1) is 35.9 Å². The fourth-order valence-electron chi connectivity index (χ4n) is 29.6. The normalized spacial score (nSPS) is 48.7. The lowest BCUT2D eigenvalue weighted by Crippen LogP contribution is -2.87. The topological polar surface area (TPSA) is 166 Å². The van der Waals surface area contributed by atoms with E-state index in [-0.39, 0.29) is 84.6 Å². The summed E-state index contributed by atoms with van der Waals surface area (Å²) in [6.07, 6.45) is 24.5. The number of ether oxygens (including phenoxy) is 2. The molecule has 0 radical (unpaired) electrons. The molecule has 4 aromatic rings. The number of esters is 1. The van der Waals surface area contributed by atoms with Crippen molar-refractivity contribution in [1.29, 1.82) is 0 Å². The second-order valence-corrected chi connectivity index (χ2v) is 36.2. The number of likely N-dealkylation sites (N-methyl/N-ethyl adjacent to an activating group) is 1. The van der Waals surface area contributed by atoms with Gasteiger partial charge in [-0.1, -0.05) is 109 Å². The molecule has 508 valence electrons. The molecule has 16 aliphatic carbocycles. The highest BCUT2D eigenvalue weighted by atomic mass is 16.5. The summed E-state index contributed by atoms with van der Waals surface area (Å²) in [6.45, 7) is -0.137. The van der Waals surface area contributed by atoms with Crippen LogP contribution in [-0.4, -0.2) is 92.1 Å². The van der Waals surface area contributed by atoms with Gasteiger partial charge in [0.25, 0.3) is 0 Å². The molecule has 19 aliphatic rings. The largest absolute Gasteiger partial charge is 0.454 e. The summed E-state index contributed by atoms with van der Waals surface area (Å²) in [5.74, 6) is 7.08. The Hall–Kier alpha value is -5.22. The van der Waals surface area contributed by atoms with Crippen molar-refractivity contribution in [2.24, 2.45) is 110 Å². The Bertz CT molecular complexity index is 4030. The van der Waals surface area contributed by atoms with Gasteiger partial charge in [0.2, 0.25) is 0 Å². The van der Waals surface area contributed by atoms with Gasteiger partial charge in [0.15, 0.2) is 0 Å². The zero-order valence-electron chi connectivity index (χ0n) is 56.8. The summed E-state index contributed by atoms with van der Waals surface area (Å²) >= 11 is 0. The average molecular weight is 1300 g/mol. The van der Waals surface area contributed by atoms with Gasteiger partial charge in [-0.2, -0.15) is 0 Å². The van der Waals surface area contributed by atoms with Gasteiger partial charge < -0.3 is 45.1 Å². The third-order valence-electron chi connectivity index (χ3n) is 32.7. The number of hydrogen-bond donors (Lipinski definition) is 6. The van der Waals surface area contributed by atoms with E-state index in [0.29, 0.717) is 75.0 Å². The van der Waals surface area contributed by atoms with Crippen molar-refractivity contribution in [1.82, 2.24) is 5.32 Å². The number of aliphatic hydroxyl groups is 5. The van der Waals surface area contributed by atoms with Crippen LogP contribution >= 0.6 is 0 Å². The lowest BCUT2D eigenvalue weighted by atomic mass is 9.31. The van der Waals surface area contributed by atoms with Gasteiger partial charge in [-0.05, 0) is 295 Å². The maximum atomic E-state index is 16.5. The molecule has 11 fully saturated rings. The Kier molecular flexibility index (Phi) is 13.9. The first kappa shape index (κ1) is 61.6. The van der Waals surface area contributed by atoms with Crippen LogP contribution in [0.4, 0.5) is 0 Å². The molecule has 6 N–H and O–H groups in total. The molecule has 28 unspecified atom stereocenters. The van der Waals surface area contributed by atoms with Crippen molar-refractivity contribution in [2.75, 3.05) is 7.05 Å². The predicted octanol–water partition coefficient (Wildman–Crippen LogP) is 12.5. The van der Waals surface area contributed by atoms with E-state index in [1.807, 2.05) is 19.2 Å². The van der Waals surface area contributed by atoms with E-state index in [4.69, 9.17) is 9.47 Å². The third kappa shape index (κ3) is 8.46. The second kappa shape index (κ2) is 21.9. The van der Waals surface area contributed by atoms with Crippen molar-refractivity contribution >= 4 is 12.3 Å². The molecule has 0 amide bonds. The number of fused-ring (bicyclic) bond motifs is 7. The summed E-state index contributed by atoms with van der Waals surface area (Å²) in [4.78, 5) is 31.0. The van der Waals surface area contributed by atoms with Crippen LogP contribution in [0.2, 0.25) is 0 Å². The highest BCUT2D eigenvalue weighted by Crippen LogP contribution is 2.83. The third-order valence-corrected chi connectivity index (χ3v) is 32.7. The van der Waals surface area contributed by atoms with Gasteiger partial charge in [-0.25, -0.2) is 4.79 Å². The lowest BCUT2D eigenvalue weighted by molar-refractivity contribution is -0.395. The number of nitrogens with one attached hydrogen (secondary N) is 1. The standard InChI is InChI=1S/C87H101NO9/c1-88-74-41-67-56(12-5-15-61(67)45-89)22-25-81-24-21-55(43-81)31-51-9-2-7-49(27-51)28-52-11-4-13-57(32-52)58-19-20-71-62(35-58)36-64-39-65-34-53-10-3-8-50(29-53)30-54-17-18-60(33-54)66-16-6-14-59-38-73-80(96-65)84(64,71)47-83(48-90)75-23-26-82(46-81)77-63(37-69(74)78-70(77)42-76(91)97-78)44-85(82,93)87(75,95)79(92)72(40-68(59)66)86(73,83)94/h2-15,27,29,32,42,48,54-55,58-60,62-66,68-69,71-75,77-80,88-89,92-95H,16-21,23-24,26,28,30-31,33-41,43-47H2,1H3. The molecule has 10 saturated carbocycles. The monoisotopic (exact) mass is 1300 g/mol. The number of aldehydes is 1. The van der Waals surface area contributed by atoms with Crippen LogP contribution in [0.1, 0.15) is 184 Å². The molecule has 27 bridgehead atoms. The minimum absolute atomic E-state index is 0.0691. The molecule has 4 aromatic carbocycles. The van der Waals surface area contributed by atoms with E-state index < -0.39 is 74.3 Å². The Balaban J connectivity index is 0.834. The fraction of sp³-hybridized carbons (Fsp3) is 0.632. The zero-order chi connectivity index (χ0) is 65.3. The number of aliphatic hydroxyl groups excluding tert-OH is 2. The maximum absolute atomic E-state index is 16.5. The lowest BCUT2D eigenvalue weighted by Gasteiger charge is -2.76. The molecule has 3 aliphatic heterocycles. The summed E-state index contributed by atoms with van der Waals surface area (Å²) in [7, 11) is 1.98. The van der Waals surface area contributed by atoms with Gasteiger partial charge in [0, 0.05) is 57.6 Å². The summed E-state index contributed by atoms with van der Waals surface area (Å²) in [5, 5.41) is 77.5. The number of allylic oxidation sites excluding steroid dienone is 2. The molecule has 10 heteroatoms. The van der Waals surface area contributed by atoms with Gasteiger partial charge in [-0.15, -0.1) is 0 Å². The molecule has 3 spiro atoms. The minimum atomic E-state index is -2.27. The number of hydrogen-bond acceptors (Lipinski definition) is 10. The van der Waals surface area contributed by atoms with E-state index >= 15 is 25.2 Å². The number of carbonyl (C=O) groups excluding carboxylic acids is 2. The quantitative estimate of drug-likeness (QED) is 0.0503. The average Bonchev–Trinajstić information content (AvgIpc) is 1.60. The van der Waals surface area contributed by atoms with Crippen LogP contribution in [0.3, 0.4) is 0 Å². The molecule has 1 saturated heterocycles. The van der Waals surface area contributed by atoms with E-state index in [2.05, 4.69) is 108 Å². The minimum Gasteiger partial charge on any atom is -0.454 e. The summed E-state index contributed by atoms with van der Waals surface area (Å²) in [6, 6.07) is 34.1. The Morgan fingerprint density at radius 3 is 2.32 bits per heavy atom. The van der Waals surface area contributed by atoms with Gasteiger partial charge >= 0.3 is 5.97 Å². The molecule has 10 nitrogen and oxygen atoms in total. The van der Waals surface area contributed by atoms with Gasteiger partial charge in [0.1, 0.15) is 23.6 Å². The first-order valence-electron chi connectivity index (χ1n) is 38.8. The molecule has 97 heavy (non-hydrogen) atoms. The Labute approximate surface area is 573 Å². The number of benzene rings is 4. The maximum Gasteiger partial charge on any atom is 0.331 e. The van der Waals surface area contributed by atoms with Crippen molar-refractivity contribution in [3.8, 4) is 11.8 Å². The van der Waals surface area contributed by atoms with Crippen LogP contribution in [0.15, 0.2) is 115 Å². The van der Waals surface area contributed by atoms with Gasteiger partial charge in [-0.3, -0.25) is 0 Å². The molecule has 28 atom stereocenters. The van der Waals surface area contributed by atoms with E-state index in [0.717, 1.165) is 119 Å². The molecule has 3 heterocycles. The highest BCUT2D eigenvalue weighted by Gasteiger charge is 2.89. The number of carbonyl (C=O) groups is 2. The van der Waals surface area contributed by atoms with E-state index in [9.17, 15) is 9.90 Å². The smallest absolute Gasteiger partial charge is 0.331 e. The van der Waals surface area contributed by atoms with E-state index in [1.54, 1.807) is 6.08 Å². The molecular formula is C87H101NO9. The summed E-state index contributed by atoms with van der Waals surface area (Å²) in [5.41, 5.74) is 1.69. The Morgan fingerprint density at radius 1 is 0.691 bits per heavy atom. The Morgan fingerprint density at radius 2 is 1.48 bits per heavy atom. The van der Waals surface area contributed by atoms with Crippen LogP contribution in [0, 0.1) is 122 Å². The SMILES string of the molecule is CNC1Cc2c(cccc2CO)C#CC23CCC(Cc4cccc(c4)Cc4cccc(c4)C4CCC5C(C4)CC4CC6Cc7cccc(c7)CC7CCC(C7)C7CC=CC8CC9C(O6)C45CC4(C=O)C5CCC6(C2)C2C%10=CC(=O)OC%10C1CC2CC6(O)C5(O)C(O)C(CC87)C94O)C3. The van der Waals surface area contributed by atoms with Crippen molar-refractivity contribution in [2.45, 2.75) is 220 Å². The van der Waals surface area contributed by atoms with E-state index in [1.165, 1.54) is 46.1 Å². The highest BCUT2D eigenvalue weighted by molar-refractivity contribution is 5.86. The van der Waals surface area contributed by atoms with Crippen molar-refractivity contribution in [3.63, 3.8) is 0 Å². The van der Waals surface area contributed by atoms with Crippen molar-refractivity contribution < 1.29 is 44.6 Å². The predicted molar refractivity (Wildman–Crippen MR) is 369 cm³/mol. The van der Waals surface area contributed by atoms with Crippen LogP contribution in [-0.2, 0) is 57.8 Å². The zero-order valence-corrected chi connectivity index (χ0v) is 56.8. The second-order valence-electron chi connectivity index (χ2n) is 36.2. The fourth-order valence-corrected chi connectivity index (χ4v) is 29.6. The summed E-state index contributed by atoms with van der Waals surface area (Å²) < 4.78 is 14.9. The van der Waals surface area contributed by atoms with Crippen molar-refractivity contribution in [3.05, 3.63) is 165 Å². The van der Waals surface area contributed by atoms with Crippen LogP contribution < -0.4 is 5.32 Å². The number of rotatable bonds is 3. The van der Waals surface area contributed by atoms with Crippen LogP contribution in [0.25, 0.3) is 0 Å². The first-order chi connectivity index (χ1) is 47.1. The molecule has 0 aromatic heterocycles. The van der Waals surface area contributed by atoms with Crippen LogP contribution in [0.5, 0.6) is 0 Å². The first-order valence-corrected chi connectivity index (χ1v) is 38.8.